The lowest BCUT2D eigenvalue weighted by Gasteiger charge is -2.30. The molecule has 0 spiro atoms. The normalized spacial score (nSPS) is 11.9. The van der Waals surface area contributed by atoms with E-state index in [1.165, 1.54) is 42.7 Å². The van der Waals surface area contributed by atoms with Crippen LogP contribution in [0, 0.1) is 13.1 Å². The van der Waals surface area contributed by atoms with E-state index in [9.17, 15) is 0 Å². The first-order chi connectivity index (χ1) is 25.9. The number of nitrogens with zero attached hydrogens (tertiary/aromatic N) is 4. The Bertz CT molecular complexity index is 2570. The van der Waals surface area contributed by atoms with Crippen molar-refractivity contribution in [3.05, 3.63) is 168 Å². The lowest BCUT2D eigenvalue weighted by molar-refractivity contribution is 1.30. The van der Waals surface area contributed by atoms with Crippen LogP contribution in [0.15, 0.2) is 146 Å². The van der Waals surface area contributed by atoms with Gasteiger partial charge in [-0.3, -0.25) is 0 Å². The molecule has 8 aromatic rings. The van der Waals surface area contributed by atoms with Crippen LogP contribution < -0.4 is 20.2 Å². The van der Waals surface area contributed by atoms with Gasteiger partial charge in [0.2, 0.25) is 0 Å². The summed E-state index contributed by atoms with van der Waals surface area (Å²) in [7, 11) is -3.22. The Kier molecular flexibility index (Phi) is 8.62. The average Bonchev–Trinajstić information content (AvgIpc) is 3.18. The SMILES string of the molecule is [C-]#[N+]c1ccc(N(c2cccc([Si](C)(C)C)c2)c2ccc3ccc4c(N(c5ccc([N+]#[C-])cc5)c5cccc([Si](C)(C)C)c5)ccc5ccc2c3c54)cc1. The lowest BCUT2D eigenvalue weighted by atomic mass is 9.91. The molecule has 0 unspecified atom stereocenters. The molecule has 0 radical (unpaired) electrons. The summed E-state index contributed by atoms with van der Waals surface area (Å²) in [6.45, 7) is 29.5. The molecule has 0 atom stereocenters. The van der Waals surface area contributed by atoms with Crippen LogP contribution >= 0.6 is 0 Å². The Balaban J connectivity index is 1.39. The van der Waals surface area contributed by atoms with E-state index >= 15 is 0 Å². The van der Waals surface area contributed by atoms with Crippen LogP contribution in [0.25, 0.3) is 42.0 Å². The second-order valence-electron chi connectivity index (χ2n) is 16.1. The van der Waals surface area contributed by atoms with E-state index < -0.39 is 16.1 Å². The van der Waals surface area contributed by atoms with Gasteiger partial charge in [-0.15, -0.1) is 0 Å². The second kappa shape index (κ2) is 13.3. The van der Waals surface area contributed by atoms with Gasteiger partial charge < -0.3 is 9.80 Å². The molecule has 0 aliphatic heterocycles. The highest BCUT2D eigenvalue weighted by Crippen LogP contribution is 2.47. The molecule has 0 saturated carbocycles. The molecular formula is C48H42N4Si2. The third-order valence-corrected chi connectivity index (χ3v) is 14.6. The van der Waals surface area contributed by atoms with E-state index in [1.54, 1.807) is 0 Å². The summed E-state index contributed by atoms with van der Waals surface area (Å²) in [4.78, 5) is 12.1. The molecule has 54 heavy (non-hydrogen) atoms. The highest BCUT2D eigenvalue weighted by molar-refractivity contribution is 6.89. The van der Waals surface area contributed by atoms with E-state index in [2.05, 4.69) is 180 Å². The number of anilines is 6. The molecule has 0 saturated heterocycles. The summed E-state index contributed by atoms with van der Waals surface area (Å²) in [5.41, 5.74) is 7.70. The molecule has 8 rings (SSSR count). The van der Waals surface area contributed by atoms with Crippen LogP contribution in [-0.2, 0) is 0 Å². The summed E-state index contributed by atoms with van der Waals surface area (Å²) >= 11 is 0. The topological polar surface area (TPSA) is 15.2 Å². The number of benzene rings is 8. The maximum absolute atomic E-state index is 7.59. The van der Waals surface area contributed by atoms with Crippen molar-refractivity contribution in [2.24, 2.45) is 0 Å². The van der Waals surface area contributed by atoms with Crippen molar-refractivity contribution in [3.63, 3.8) is 0 Å². The Morgan fingerprint density at radius 2 is 0.778 bits per heavy atom. The fourth-order valence-electron chi connectivity index (χ4n) is 7.59. The van der Waals surface area contributed by atoms with Gasteiger partial charge >= 0.3 is 0 Å². The summed E-state index contributed by atoms with van der Waals surface area (Å²) in [6.07, 6.45) is 0. The average molecular weight is 731 g/mol. The smallest absolute Gasteiger partial charge is 0.187 e. The van der Waals surface area contributed by atoms with Crippen LogP contribution in [0.2, 0.25) is 39.3 Å². The zero-order chi connectivity index (χ0) is 37.8. The Hall–Kier alpha value is -6.19. The van der Waals surface area contributed by atoms with E-state index in [4.69, 9.17) is 13.1 Å². The monoisotopic (exact) mass is 730 g/mol. The van der Waals surface area contributed by atoms with Crippen LogP contribution in [0.1, 0.15) is 0 Å². The molecule has 0 N–H and O–H groups in total. The Morgan fingerprint density at radius 1 is 0.407 bits per heavy atom. The molecule has 0 amide bonds. The summed E-state index contributed by atoms with van der Waals surface area (Å²) < 4.78 is 0. The van der Waals surface area contributed by atoms with Crippen molar-refractivity contribution in [1.29, 1.82) is 0 Å². The fraction of sp³-hybridized carbons (Fsp3) is 0.125. The van der Waals surface area contributed by atoms with Gasteiger partial charge in [-0.1, -0.05) is 135 Å². The fourth-order valence-corrected chi connectivity index (χ4v) is 9.94. The zero-order valence-corrected chi connectivity index (χ0v) is 33.6. The minimum absolute atomic E-state index is 0.626. The molecule has 6 heteroatoms. The van der Waals surface area contributed by atoms with E-state index in [0.717, 1.165) is 34.1 Å². The standard InChI is InChI=1S/C48H42N4Si2/c1-49-35-19-23-37(24-20-35)51(39-11-9-13-41(31-39)53(3,4)5)45-29-17-33-16-28-44-46(30-18-34-15-27-43(45)47(33)48(34)44)52(38-25-21-36(50-2)22-26-38)40-12-10-14-42(32-40)54(6,7)8/h9-32H,3-8H3. The van der Waals surface area contributed by atoms with E-state index in [0.29, 0.717) is 11.4 Å². The van der Waals surface area contributed by atoms with Crippen molar-refractivity contribution in [2.75, 3.05) is 9.80 Å². The first-order valence-corrected chi connectivity index (χ1v) is 25.4. The minimum atomic E-state index is -1.61. The molecular weight excluding hydrogens is 689 g/mol. The summed E-state index contributed by atoms with van der Waals surface area (Å²) in [6, 6.07) is 52.0. The molecule has 0 aromatic heterocycles. The van der Waals surface area contributed by atoms with Crippen LogP contribution in [0.5, 0.6) is 0 Å². The largest absolute Gasteiger partial charge is 0.310 e. The molecule has 0 aliphatic carbocycles. The van der Waals surface area contributed by atoms with Crippen molar-refractivity contribution in [3.8, 4) is 0 Å². The van der Waals surface area contributed by atoms with Gasteiger partial charge in [0, 0.05) is 33.5 Å². The van der Waals surface area contributed by atoms with Crippen molar-refractivity contribution in [2.45, 2.75) is 39.3 Å². The zero-order valence-electron chi connectivity index (χ0n) is 31.6. The van der Waals surface area contributed by atoms with Crippen LogP contribution in [-0.4, -0.2) is 16.1 Å². The minimum Gasteiger partial charge on any atom is -0.310 e. The number of hydrogen-bond acceptors (Lipinski definition) is 2. The van der Waals surface area contributed by atoms with E-state index in [1.807, 2.05) is 24.3 Å². The van der Waals surface area contributed by atoms with Gasteiger partial charge in [0.1, 0.15) is 0 Å². The van der Waals surface area contributed by atoms with Gasteiger partial charge in [-0.2, -0.15) is 0 Å². The quantitative estimate of drug-likeness (QED) is 0.0878. The number of rotatable bonds is 8. The van der Waals surface area contributed by atoms with Crippen molar-refractivity contribution >= 4 is 104 Å². The molecule has 262 valence electrons. The highest BCUT2D eigenvalue weighted by Gasteiger charge is 2.24. The maximum Gasteiger partial charge on any atom is 0.187 e. The molecule has 0 aliphatic rings. The predicted molar refractivity (Wildman–Crippen MR) is 238 cm³/mol. The van der Waals surface area contributed by atoms with Gasteiger partial charge in [-0.25, -0.2) is 9.69 Å². The van der Waals surface area contributed by atoms with Crippen molar-refractivity contribution in [1.82, 2.24) is 0 Å². The maximum atomic E-state index is 7.59. The highest BCUT2D eigenvalue weighted by atomic mass is 28.3. The van der Waals surface area contributed by atoms with Gasteiger partial charge in [0.15, 0.2) is 11.4 Å². The van der Waals surface area contributed by atoms with Gasteiger partial charge in [-0.05, 0) is 82.2 Å². The third-order valence-electron chi connectivity index (χ3n) is 10.5. The first kappa shape index (κ1) is 34.9. The van der Waals surface area contributed by atoms with Crippen LogP contribution in [0.4, 0.5) is 45.5 Å². The Morgan fingerprint density at radius 3 is 1.13 bits per heavy atom. The first-order valence-electron chi connectivity index (χ1n) is 18.4. The van der Waals surface area contributed by atoms with Crippen LogP contribution in [0.3, 0.4) is 0 Å². The van der Waals surface area contributed by atoms with Gasteiger partial charge in [0.05, 0.1) is 40.7 Å². The second-order valence-corrected chi connectivity index (χ2v) is 26.3. The number of hydrogen-bond donors (Lipinski definition) is 0. The molecule has 0 heterocycles. The lowest BCUT2D eigenvalue weighted by Crippen LogP contribution is -2.37. The molecule has 0 fully saturated rings. The van der Waals surface area contributed by atoms with E-state index in [-0.39, 0.29) is 0 Å². The molecule has 8 aromatic carbocycles. The third kappa shape index (κ3) is 6.20. The summed E-state index contributed by atoms with van der Waals surface area (Å²) in [5, 5.41) is 9.97. The predicted octanol–water partition coefficient (Wildman–Crippen LogP) is 13.7. The molecule has 4 nitrogen and oxygen atoms in total. The summed E-state index contributed by atoms with van der Waals surface area (Å²) in [5.74, 6) is 0. The Labute approximate surface area is 320 Å². The van der Waals surface area contributed by atoms with Crippen molar-refractivity contribution < 1.29 is 0 Å². The molecule has 0 bridgehead atoms. The van der Waals surface area contributed by atoms with Gasteiger partial charge in [0.25, 0.3) is 0 Å².